The normalized spacial score (nSPS) is 12.9. The molecule has 0 aliphatic rings. The first-order chi connectivity index (χ1) is 6.44. The molecule has 1 aromatic heterocycles. The van der Waals surface area contributed by atoms with E-state index in [1.165, 1.54) is 18.4 Å². The van der Waals surface area contributed by atoms with Gasteiger partial charge in [0.05, 0.1) is 6.26 Å². The minimum absolute atomic E-state index is 0.198. The molecule has 0 amide bonds. The Balaban J connectivity index is 2.95. The van der Waals surface area contributed by atoms with Crippen LogP contribution in [0.1, 0.15) is 12.7 Å². The smallest absolute Gasteiger partial charge is 0.379 e. The molecule has 5 heteroatoms. The first kappa shape index (κ1) is 10.4. The number of alkyl halides is 2. The molecule has 0 aliphatic carbocycles. The van der Waals surface area contributed by atoms with Crippen molar-refractivity contribution in [1.82, 2.24) is 0 Å². The molecular weight excluding hydrogens is 194 g/mol. The lowest BCUT2D eigenvalue weighted by Gasteiger charge is -2.10. The van der Waals surface area contributed by atoms with E-state index in [9.17, 15) is 13.6 Å². The molecule has 0 fully saturated rings. The van der Waals surface area contributed by atoms with Gasteiger partial charge in [0.15, 0.2) is 0 Å². The number of furan rings is 1. The first-order valence-electron chi connectivity index (χ1n) is 3.78. The van der Waals surface area contributed by atoms with Gasteiger partial charge < -0.3 is 9.52 Å². The highest BCUT2D eigenvalue weighted by atomic mass is 19.3. The van der Waals surface area contributed by atoms with Gasteiger partial charge in [-0.2, -0.15) is 8.78 Å². The SMILES string of the molecule is C/C(=C\c1ccco1)C(F)(F)C(=O)O. The molecule has 0 saturated heterocycles. The fourth-order valence-corrected chi connectivity index (χ4v) is 0.846. The van der Waals surface area contributed by atoms with Gasteiger partial charge in [-0.05, 0) is 25.1 Å². The van der Waals surface area contributed by atoms with Crippen LogP contribution < -0.4 is 0 Å². The van der Waals surface area contributed by atoms with Crippen molar-refractivity contribution in [2.45, 2.75) is 12.8 Å². The summed E-state index contributed by atoms with van der Waals surface area (Å²) in [5.41, 5.74) is -0.569. The highest BCUT2D eigenvalue weighted by molar-refractivity contribution is 5.81. The molecule has 76 valence electrons. The third-order valence-electron chi connectivity index (χ3n) is 1.67. The van der Waals surface area contributed by atoms with Crippen LogP contribution in [0.3, 0.4) is 0 Å². The van der Waals surface area contributed by atoms with E-state index in [-0.39, 0.29) is 5.76 Å². The third kappa shape index (κ3) is 1.99. The largest absolute Gasteiger partial charge is 0.477 e. The average Bonchev–Trinajstić information content (AvgIpc) is 2.56. The molecular formula is C9H8F2O3. The van der Waals surface area contributed by atoms with Gasteiger partial charge in [-0.1, -0.05) is 0 Å². The summed E-state index contributed by atoms with van der Waals surface area (Å²) in [6, 6.07) is 2.99. The molecule has 0 unspecified atom stereocenters. The van der Waals surface area contributed by atoms with Crippen molar-refractivity contribution in [1.29, 1.82) is 0 Å². The minimum Gasteiger partial charge on any atom is -0.477 e. The molecule has 0 bridgehead atoms. The summed E-state index contributed by atoms with van der Waals surface area (Å²) in [6.45, 7) is 1.04. The molecule has 1 rings (SSSR count). The summed E-state index contributed by atoms with van der Waals surface area (Å²) < 4.78 is 30.4. The molecule has 0 radical (unpaired) electrons. The van der Waals surface area contributed by atoms with E-state index < -0.39 is 17.5 Å². The summed E-state index contributed by atoms with van der Waals surface area (Å²) in [5, 5.41) is 8.22. The van der Waals surface area contributed by atoms with Gasteiger partial charge in [0.1, 0.15) is 5.76 Å². The summed E-state index contributed by atoms with van der Waals surface area (Å²) in [6.07, 6.45) is 2.31. The Morgan fingerprint density at radius 3 is 2.71 bits per heavy atom. The average molecular weight is 202 g/mol. The molecule has 0 aliphatic heterocycles. The molecule has 3 nitrogen and oxygen atoms in total. The van der Waals surface area contributed by atoms with Gasteiger partial charge >= 0.3 is 11.9 Å². The Labute approximate surface area is 78.6 Å². The zero-order chi connectivity index (χ0) is 10.8. The number of aliphatic carboxylic acids is 1. The van der Waals surface area contributed by atoms with Crippen molar-refractivity contribution >= 4 is 12.0 Å². The maximum atomic E-state index is 12.8. The maximum Gasteiger partial charge on any atom is 0.379 e. The van der Waals surface area contributed by atoms with Crippen LogP contribution in [0.4, 0.5) is 8.78 Å². The lowest BCUT2D eigenvalue weighted by atomic mass is 10.1. The number of carbonyl (C=O) groups is 1. The molecule has 14 heavy (non-hydrogen) atoms. The summed E-state index contributed by atoms with van der Waals surface area (Å²) in [4.78, 5) is 10.2. The number of carboxylic acids is 1. The number of rotatable bonds is 3. The predicted octanol–water partition coefficient (Wildman–Crippen LogP) is 2.40. The maximum absolute atomic E-state index is 12.8. The van der Waals surface area contributed by atoms with Crippen LogP contribution in [-0.4, -0.2) is 17.0 Å². The van der Waals surface area contributed by atoms with Crippen LogP contribution in [0.15, 0.2) is 28.4 Å². The van der Waals surface area contributed by atoms with Crippen molar-refractivity contribution in [3.8, 4) is 0 Å². The highest BCUT2D eigenvalue weighted by Crippen LogP contribution is 2.25. The van der Waals surface area contributed by atoms with E-state index in [1.807, 2.05) is 0 Å². The Kier molecular flexibility index (Phi) is 2.69. The van der Waals surface area contributed by atoms with E-state index in [0.717, 1.165) is 13.0 Å². The number of carboxylic acid groups (broad SMARTS) is 1. The topological polar surface area (TPSA) is 50.4 Å². The first-order valence-corrected chi connectivity index (χ1v) is 3.78. The van der Waals surface area contributed by atoms with E-state index in [0.29, 0.717) is 0 Å². The van der Waals surface area contributed by atoms with Crippen molar-refractivity contribution in [2.75, 3.05) is 0 Å². The van der Waals surface area contributed by atoms with Gasteiger partial charge in [0.2, 0.25) is 0 Å². The van der Waals surface area contributed by atoms with Crippen LogP contribution in [0, 0.1) is 0 Å². The number of halogens is 2. The zero-order valence-corrected chi connectivity index (χ0v) is 7.33. The number of hydrogen-bond donors (Lipinski definition) is 1. The minimum atomic E-state index is -3.85. The Morgan fingerprint density at radius 1 is 1.64 bits per heavy atom. The Hall–Kier alpha value is -1.65. The van der Waals surface area contributed by atoms with Crippen LogP contribution in [-0.2, 0) is 4.79 Å². The second kappa shape index (κ2) is 3.61. The van der Waals surface area contributed by atoms with Gasteiger partial charge in [-0.3, -0.25) is 0 Å². The van der Waals surface area contributed by atoms with E-state index >= 15 is 0 Å². The fraction of sp³-hybridized carbons (Fsp3) is 0.222. The lowest BCUT2D eigenvalue weighted by molar-refractivity contribution is -0.159. The number of hydrogen-bond acceptors (Lipinski definition) is 2. The quantitative estimate of drug-likeness (QED) is 0.818. The molecule has 0 aromatic carbocycles. The van der Waals surface area contributed by atoms with Crippen LogP contribution in [0.5, 0.6) is 0 Å². The van der Waals surface area contributed by atoms with Gasteiger partial charge in [0, 0.05) is 5.57 Å². The van der Waals surface area contributed by atoms with Crippen molar-refractivity contribution < 1.29 is 23.1 Å². The predicted molar refractivity (Wildman–Crippen MR) is 44.9 cm³/mol. The monoisotopic (exact) mass is 202 g/mol. The van der Waals surface area contributed by atoms with E-state index in [4.69, 9.17) is 9.52 Å². The standard InChI is InChI=1S/C9H8F2O3/c1-6(9(10,11)8(12)13)5-7-3-2-4-14-7/h2-5H,1H3,(H,12,13)/b6-5+. The summed E-state index contributed by atoms with van der Waals surface area (Å²) >= 11 is 0. The molecule has 1 N–H and O–H groups in total. The third-order valence-corrected chi connectivity index (χ3v) is 1.67. The van der Waals surface area contributed by atoms with Crippen LogP contribution in [0.25, 0.3) is 6.08 Å². The highest BCUT2D eigenvalue weighted by Gasteiger charge is 2.40. The molecule has 0 atom stereocenters. The van der Waals surface area contributed by atoms with Crippen LogP contribution in [0.2, 0.25) is 0 Å². The second-order valence-electron chi connectivity index (χ2n) is 2.72. The van der Waals surface area contributed by atoms with Crippen LogP contribution >= 0.6 is 0 Å². The molecule has 0 saturated carbocycles. The second-order valence-corrected chi connectivity index (χ2v) is 2.72. The lowest BCUT2D eigenvalue weighted by Crippen LogP contribution is -2.29. The fourth-order valence-electron chi connectivity index (χ4n) is 0.846. The zero-order valence-electron chi connectivity index (χ0n) is 7.33. The van der Waals surface area contributed by atoms with Gasteiger partial charge in [-0.15, -0.1) is 0 Å². The molecule has 1 aromatic rings. The Morgan fingerprint density at radius 2 is 2.29 bits per heavy atom. The van der Waals surface area contributed by atoms with Crippen molar-refractivity contribution in [3.05, 3.63) is 29.7 Å². The van der Waals surface area contributed by atoms with E-state index in [2.05, 4.69) is 0 Å². The van der Waals surface area contributed by atoms with Crippen molar-refractivity contribution in [3.63, 3.8) is 0 Å². The summed E-state index contributed by atoms with van der Waals surface area (Å²) in [5.74, 6) is -5.83. The van der Waals surface area contributed by atoms with Crippen molar-refractivity contribution in [2.24, 2.45) is 0 Å². The Bertz CT molecular complexity index is 352. The van der Waals surface area contributed by atoms with E-state index in [1.54, 1.807) is 0 Å². The van der Waals surface area contributed by atoms with Gasteiger partial charge in [-0.25, -0.2) is 4.79 Å². The summed E-state index contributed by atoms with van der Waals surface area (Å²) in [7, 11) is 0. The molecule has 1 heterocycles. The van der Waals surface area contributed by atoms with Gasteiger partial charge in [0.25, 0.3) is 0 Å². The molecule has 0 spiro atoms.